The van der Waals surface area contributed by atoms with Gasteiger partial charge in [-0.1, -0.05) is 0 Å². The molecule has 0 aromatic carbocycles. The normalized spacial score (nSPS) is 12.8. The summed E-state index contributed by atoms with van der Waals surface area (Å²) in [6.45, 7) is 1.31. The van der Waals surface area contributed by atoms with E-state index in [4.69, 9.17) is 16.6 Å². The minimum Gasteiger partial charge on any atom is -0.512 e. The van der Waals surface area contributed by atoms with E-state index in [-0.39, 0.29) is 16.4 Å². The maximum atomic E-state index is 10.6. The van der Waals surface area contributed by atoms with Gasteiger partial charge in [0.25, 0.3) is 5.91 Å². The van der Waals surface area contributed by atoms with Crippen LogP contribution in [0.25, 0.3) is 0 Å². The number of primary amides is 1. The number of thiocarbonyl (C=S) groups is 1. The zero-order chi connectivity index (χ0) is 9.72. The lowest BCUT2D eigenvalue weighted by molar-refractivity contribution is -0.114. The molecule has 0 bridgehead atoms. The lowest BCUT2D eigenvalue weighted by Gasteiger charge is -1.95. The van der Waals surface area contributed by atoms with E-state index in [1.807, 2.05) is 0 Å². The van der Waals surface area contributed by atoms with E-state index in [0.29, 0.717) is 0 Å². The molecule has 0 aliphatic heterocycles. The van der Waals surface area contributed by atoms with Crippen molar-refractivity contribution in [2.75, 3.05) is 0 Å². The molecule has 0 aliphatic rings. The smallest absolute Gasteiger partial charge is 0.253 e. The fourth-order valence-electron chi connectivity index (χ4n) is 0.464. The van der Waals surface area contributed by atoms with Gasteiger partial charge in [-0.25, -0.2) is 4.99 Å². The van der Waals surface area contributed by atoms with E-state index in [1.165, 1.54) is 6.92 Å². The standard InChI is InChI=1S/C6H9N3O2S/c1-3(10)4(5(7)11)2-9-6(8)12/h2,10H,1H3,(H2,7,11)(H2,8,12)/b4-3-,9-2+. The van der Waals surface area contributed by atoms with E-state index in [9.17, 15) is 4.79 Å². The van der Waals surface area contributed by atoms with Crippen LogP contribution in [0.15, 0.2) is 16.3 Å². The van der Waals surface area contributed by atoms with Crippen LogP contribution in [0.5, 0.6) is 0 Å². The summed E-state index contributed by atoms with van der Waals surface area (Å²) in [6, 6.07) is 0. The van der Waals surface area contributed by atoms with Gasteiger partial charge in [0.05, 0.1) is 5.57 Å². The SMILES string of the molecule is C/C(O)=C(\C=N\C(N)=S)C(N)=O. The zero-order valence-corrected chi connectivity index (χ0v) is 7.26. The van der Waals surface area contributed by atoms with Gasteiger partial charge in [-0.15, -0.1) is 0 Å². The maximum absolute atomic E-state index is 10.6. The molecule has 0 rings (SSSR count). The van der Waals surface area contributed by atoms with Gasteiger partial charge in [0.2, 0.25) is 0 Å². The number of aliphatic hydroxyl groups is 1. The first-order chi connectivity index (χ1) is 5.45. The van der Waals surface area contributed by atoms with Gasteiger partial charge in [0.15, 0.2) is 5.11 Å². The molecule has 5 nitrogen and oxygen atoms in total. The molecule has 0 saturated carbocycles. The summed E-state index contributed by atoms with van der Waals surface area (Å²) in [6.07, 6.45) is 1.03. The van der Waals surface area contributed by atoms with E-state index >= 15 is 0 Å². The van der Waals surface area contributed by atoms with Gasteiger partial charge >= 0.3 is 0 Å². The highest BCUT2D eigenvalue weighted by atomic mass is 32.1. The molecule has 0 heterocycles. The van der Waals surface area contributed by atoms with Crippen molar-refractivity contribution in [1.82, 2.24) is 0 Å². The Morgan fingerprint density at radius 1 is 1.58 bits per heavy atom. The minimum atomic E-state index is -0.782. The van der Waals surface area contributed by atoms with E-state index in [0.717, 1.165) is 6.21 Å². The van der Waals surface area contributed by atoms with Crippen molar-refractivity contribution >= 4 is 29.5 Å². The first kappa shape index (κ1) is 10.6. The molecule has 12 heavy (non-hydrogen) atoms. The number of nitrogens with zero attached hydrogens (tertiary/aromatic N) is 1. The molecule has 66 valence electrons. The molecule has 0 saturated heterocycles. The molecule has 0 unspecified atom stereocenters. The molecule has 0 atom stereocenters. The Bertz CT molecular complexity index is 266. The summed E-state index contributed by atoms with van der Waals surface area (Å²) in [5.74, 6) is -1.00. The molecule has 0 spiro atoms. The Balaban J connectivity index is 4.70. The highest BCUT2D eigenvalue weighted by molar-refractivity contribution is 7.80. The summed E-state index contributed by atoms with van der Waals surface area (Å²) < 4.78 is 0. The number of allylic oxidation sites excluding steroid dienone is 1. The lowest BCUT2D eigenvalue weighted by Crippen LogP contribution is -2.17. The van der Waals surface area contributed by atoms with Gasteiger partial charge in [-0.3, -0.25) is 4.79 Å². The number of rotatable bonds is 2. The van der Waals surface area contributed by atoms with Gasteiger partial charge in [0.1, 0.15) is 5.76 Å². The second-order valence-corrected chi connectivity index (χ2v) is 2.38. The Kier molecular flexibility index (Phi) is 3.92. The number of carbonyl (C=O) groups excluding carboxylic acids is 1. The summed E-state index contributed by atoms with van der Waals surface area (Å²) >= 11 is 4.41. The van der Waals surface area contributed by atoms with Crippen LogP contribution in [0.1, 0.15) is 6.92 Å². The van der Waals surface area contributed by atoms with E-state index in [2.05, 4.69) is 17.2 Å². The molecule has 0 aliphatic carbocycles. The summed E-state index contributed by atoms with van der Waals surface area (Å²) in [7, 11) is 0. The number of hydrogen-bond acceptors (Lipinski definition) is 3. The predicted octanol–water partition coefficient (Wildman–Crippen LogP) is -0.382. The molecule has 1 amide bonds. The number of aliphatic hydroxyl groups excluding tert-OH is 1. The van der Waals surface area contributed by atoms with Crippen LogP contribution in [0.3, 0.4) is 0 Å². The van der Waals surface area contributed by atoms with Crippen LogP contribution in [-0.4, -0.2) is 22.3 Å². The van der Waals surface area contributed by atoms with Crippen molar-refractivity contribution in [2.24, 2.45) is 16.5 Å². The number of amides is 1. The highest BCUT2D eigenvalue weighted by Gasteiger charge is 2.05. The van der Waals surface area contributed by atoms with Crippen LogP contribution in [0.2, 0.25) is 0 Å². The number of aliphatic imine (C=N–C) groups is 1. The average Bonchev–Trinajstić information content (AvgIpc) is 1.84. The van der Waals surface area contributed by atoms with Crippen LogP contribution < -0.4 is 11.5 Å². The first-order valence-corrected chi connectivity index (χ1v) is 3.39. The van der Waals surface area contributed by atoms with Crippen molar-refractivity contribution in [2.45, 2.75) is 6.92 Å². The lowest BCUT2D eigenvalue weighted by atomic mass is 10.2. The Morgan fingerprint density at radius 2 is 2.08 bits per heavy atom. The maximum Gasteiger partial charge on any atom is 0.253 e. The minimum absolute atomic E-state index is 0.109. The van der Waals surface area contributed by atoms with Crippen molar-refractivity contribution in [3.05, 3.63) is 11.3 Å². The summed E-state index contributed by atoms with van der Waals surface area (Å²) in [5, 5.41) is 8.77. The quantitative estimate of drug-likeness (QED) is 0.237. The third-order valence-corrected chi connectivity index (χ3v) is 1.08. The second kappa shape index (κ2) is 4.45. The van der Waals surface area contributed by atoms with Gasteiger partial charge in [0, 0.05) is 6.21 Å². The molecule has 5 N–H and O–H groups in total. The van der Waals surface area contributed by atoms with Gasteiger partial charge in [-0.2, -0.15) is 0 Å². The van der Waals surface area contributed by atoms with Crippen molar-refractivity contribution in [3.63, 3.8) is 0 Å². The van der Waals surface area contributed by atoms with E-state index < -0.39 is 5.91 Å². The fourth-order valence-corrected chi connectivity index (χ4v) is 0.516. The molecule has 0 fully saturated rings. The Hall–Kier alpha value is -1.43. The summed E-state index contributed by atoms with van der Waals surface area (Å²) in [5.41, 5.74) is 9.80. The van der Waals surface area contributed by atoms with Crippen LogP contribution >= 0.6 is 12.2 Å². The molecule has 0 aromatic rings. The fraction of sp³-hybridized carbons (Fsp3) is 0.167. The molecule has 0 aromatic heterocycles. The first-order valence-electron chi connectivity index (χ1n) is 2.98. The van der Waals surface area contributed by atoms with E-state index in [1.54, 1.807) is 0 Å². The topological polar surface area (TPSA) is 102 Å². The number of hydrogen-bond donors (Lipinski definition) is 3. The highest BCUT2D eigenvalue weighted by Crippen LogP contribution is 1.96. The Morgan fingerprint density at radius 3 is 2.33 bits per heavy atom. The number of carbonyl (C=O) groups is 1. The third-order valence-electron chi connectivity index (χ3n) is 0.976. The van der Waals surface area contributed by atoms with Crippen molar-refractivity contribution in [1.29, 1.82) is 0 Å². The van der Waals surface area contributed by atoms with Gasteiger partial charge in [-0.05, 0) is 19.1 Å². The molecular weight excluding hydrogens is 178 g/mol. The molecular formula is C6H9N3O2S. The molecule has 0 radical (unpaired) electrons. The largest absolute Gasteiger partial charge is 0.512 e. The van der Waals surface area contributed by atoms with Crippen LogP contribution in [0.4, 0.5) is 0 Å². The van der Waals surface area contributed by atoms with Crippen molar-refractivity contribution in [3.8, 4) is 0 Å². The van der Waals surface area contributed by atoms with Crippen LogP contribution in [0, 0.1) is 0 Å². The van der Waals surface area contributed by atoms with Gasteiger partial charge < -0.3 is 16.6 Å². The average molecular weight is 187 g/mol. The molecule has 6 heteroatoms. The second-order valence-electron chi connectivity index (χ2n) is 1.96. The summed E-state index contributed by atoms with van der Waals surface area (Å²) in [4.78, 5) is 14.0. The third kappa shape index (κ3) is 3.67. The Labute approximate surface area is 74.8 Å². The monoisotopic (exact) mass is 187 g/mol. The zero-order valence-electron chi connectivity index (χ0n) is 6.44. The van der Waals surface area contributed by atoms with Crippen molar-refractivity contribution < 1.29 is 9.90 Å². The predicted molar refractivity (Wildman–Crippen MR) is 49.8 cm³/mol. The van der Waals surface area contributed by atoms with Crippen LogP contribution in [-0.2, 0) is 4.79 Å². The number of nitrogens with two attached hydrogens (primary N) is 2.